The highest BCUT2D eigenvalue weighted by Gasteiger charge is 2.27. The predicted molar refractivity (Wildman–Crippen MR) is 74.9 cm³/mol. The van der Waals surface area contributed by atoms with Crippen LogP contribution >= 0.6 is 0 Å². The van der Waals surface area contributed by atoms with E-state index in [9.17, 15) is 0 Å². The lowest BCUT2D eigenvalue weighted by Crippen LogP contribution is -2.25. The lowest BCUT2D eigenvalue weighted by atomic mass is 10.1. The first-order chi connectivity index (χ1) is 9.33. The Hall–Kier alpha value is -1.61. The van der Waals surface area contributed by atoms with Gasteiger partial charge in [0.15, 0.2) is 0 Å². The van der Waals surface area contributed by atoms with Gasteiger partial charge in [-0.25, -0.2) is 0 Å². The van der Waals surface area contributed by atoms with E-state index in [-0.39, 0.29) is 0 Å². The molecule has 0 spiro atoms. The average molecular weight is 256 g/mol. The standard InChI is InChI=1S/C16H20N2O/c1-13-6-7-16(19-13)15-5-3-10-18(15)11-8-14-4-2-9-17-12-14/h2,4,6-7,9,12,15H,3,5,8,10-11H2,1H3/t15-/m1/s1. The van der Waals surface area contributed by atoms with E-state index in [1.165, 1.54) is 24.9 Å². The Kier molecular flexibility index (Phi) is 3.65. The molecule has 2 aromatic rings. The summed E-state index contributed by atoms with van der Waals surface area (Å²) in [6, 6.07) is 8.81. The maximum atomic E-state index is 5.80. The summed E-state index contributed by atoms with van der Waals surface area (Å²) in [6.45, 7) is 4.26. The van der Waals surface area contributed by atoms with Gasteiger partial charge in [0.2, 0.25) is 0 Å². The van der Waals surface area contributed by atoms with E-state index in [0.29, 0.717) is 6.04 Å². The highest BCUT2D eigenvalue weighted by Crippen LogP contribution is 2.32. The zero-order chi connectivity index (χ0) is 13.1. The van der Waals surface area contributed by atoms with Gasteiger partial charge in [-0.1, -0.05) is 6.07 Å². The third-order valence-electron chi connectivity index (χ3n) is 3.86. The van der Waals surface area contributed by atoms with E-state index in [2.05, 4.69) is 28.1 Å². The summed E-state index contributed by atoms with van der Waals surface area (Å²) < 4.78 is 5.80. The fraction of sp³-hybridized carbons (Fsp3) is 0.438. The zero-order valence-corrected chi connectivity index (χ0v) is 11.4. The van der Waals surface area contributed by atoms with E-state index in [1.54, 1.807) is 0 Å². The van der Waals surface area contributed by atoms with Crippen molar-refractivity contribution in [2.24, 2.45) is 0 Å². The fourth-order valence-corrected chi connectivity index (χ4v) is 2.87. The highest BCUT2D eigenvalue weighted by atomic mass is 16.3. The van der Waals surface area contributed by atoms with Crippen LogP contribution in [0.1, 0.15) is 36.0 Å². The van der Waals surface area contributed by atoms with E-state index in [0.717, 1.165) is 24.5 Å². The Morgan fingerprint density at radius 1 is 1.37 bits per heavy atom. The summed E-state index contributed by atoms with van der Waals surface area (Å²) in [5.74, 6) is 2.13. The van der Waals surface area contributed by atoms with Gasteiger partial charge in [-0.3, -0.25) is 9.88 Å². The SMILES string of the molecule is Cc1ccc([C@H]2CCCN2CCc2cccnc2)o1. The normalized spacial score (nSPS) is 19.9. The number of likely N-dealkylation sites (tertiary alicyclic amines) is 1. The number of nitrogens with zero attached hydrogens (tertiary/aromatic N) is 2. The quantitative estimate of drug-likeness (QED) is 0.840. The Morgan fingerprint density at radius 2 is 2.32 bits per heavy atom. The minimum Gasteiger partial charge on any atom is -0.465 e. The summed E-state index contributed by atoms with van der Waals surface area (Å²) in [5.41, 5.74) is 1.31. The van der Waals surface area contributed by atoms with Crippen molar-refractivity contribution in [3.05, 3.63) is 53.7 Å². The van der Waals surface area contributed by atoms with Crippen molar-refractivity contribution in [3.63, 3.8) is 0 Å². The highest BCUT2D eigenvalue weighted by molar-refractivity contribution is 5.12. The Labute approximate surface area is 114 Å². The Bertz CT molecular complexity index is 521. The molecule has 1 aliphatic heterocycles. The Balaban J connectivity index is 1.64. The molecule has 0 unspecified atom stereocenters. The number of hydrogen-bond acceptors (Lipinski definition) is 3. The van der Waals surface area contributed by atoms with E-state index < -0.39 is 0 Å². The number of furan rings is 1. The molecule has 3 heterocycles. The third kappa shape index (κ3) is 2.87. The molecule has 0 radical (unpaired) electrons. The van der Waals surface area contributed by atoms with Crippen LogP contribution in [-0.2, 0) is 6.42 Å². The summed E-state index contributed by atoms with van der Waals surface area (Å²) in [7, 11) is 0. The number of aromatic nitrogens is 1. The van der Waals surface area contributed by atoms with Crippen molar-refractivity contribution < 1.29 is 4.42 Å². The van der Waals surface area contributed by atoms with Crippen LogP contribution < -0.4 is 0 Å². The molecule has 1 fully saturated rings. The van der Waals surface area contributed by atoms with E-state index in [1.807, 2.05) is 25.4 Å². The summed E-state index contributed by atoms with van der Waals surface area (Å²) in [5, 5.41) is 0. The van der Waals surface area contributed by atoms with Gasteiger partial charge in [0, 0.05) is 18.9 Å². The van der Waals surface area contributed by atoms with Crippen LogP contribution in [-0.4, -0.2) is 23.0 Å². The predicted octanol–water partition coefficient (Wildman–Crippen LogP) is 3.36. The number of rotatable bonds is 4. The first-order valence-electron chi connectivity index (χ1n) is 7.02. The van der Waals surface area contributed by atoms with Crippen LogP contribution in [0.5, 0.6) is 0 Å². The minimum absolute atomic E-state index is 0.463. The van der Waals surface area contributed by atoms with Gasteiger partial charge in [-0.2, -0.15) is 0 Å². The lowest BCUT2D eigenvalue weighted by Gasteiger charge is -2.22. The monoisotopic (exact) mass is 256 g/mol. The maximum Gasteiger partial charge on any atom is 0.121 e. The maximum absolute atomic E-state index is 5.80. The van der Waals surface area contributed by atoms with Gasteiger partial charge in [0.25, 0.3) is 0 Å². The van der Waals surface area contributed by atoms with Crippen LogP contribution in [0.15, 0.2) is 41.1 Å². The molecule has 100 valence electrons. The summed E-state index contributed by atoms with van der Waals surface area (Å²) in [4.78, 5) is 6.71. The molecule has 3 heteroatoms. The second-order valence-electron chi connectivity index (χ2n) is 5.25. The van der Waals surface area contributed by atoms with Gasteiger partial charge in [-0.05, 0) is 56.5 Å². The lowest BCUT2D eigenvalue weighted by molar-refractivity contribution is 0.229. The van der Waals surface area contributed by atoms with Crippen LogP contribution in [0, 0.1) is 6.92 Å². The smallest absolute Gasteiger partial charge is 0.121 e. The van der Waals surface area contributed by atoms with Gasteiger partial charge >= 0.3 is 0 Å². The molecule has 0 aromatic carbocycles. The molecule has 1 aliphatic rings. The van der Waals surface area contributed by atoms with Crippen molar-refractivity contribution in [2.75, 3.05) is 13.1 Å². The number of pyridine rings is 1. The van der Waals surface area contributed by atoms with Crippen molar-refractivity contribution in [3.8, 4) is 0 Å². The molecule has 1 atom stereocenters. The molecule has 0 N–H and O–H groups in total. The molecule has 1 saturated heterocycles. The van der Waals surface area contributed by atoms with Gasteiger partial charge < -0.3 is 4.42 Å². The first kappa shape index (κ1) is 12.4. The summed E-state index contributed by atoms with van der Waals surface area (Å²) >= 11 is 0. The number of aryl methyl sites for hydroxylation is 1. The second kappa shape index (κ2) is 5.57. The van der Waals surface area contributed by atoms with Crippen LogP contribution in [0.4, 0.5) is 0 Å². The largest absolute Gasteiger partial charge is 0.465 e. The van der Waals surface area contributed by atoms with Gasteiger partial charge in [0.1, 0.15) is 11.5 Å². The fourth-order valence-electron chi connectivity index (χ4n) is 2.87. The van der Waals surface area contributed by atoms with Crippen LogP contribution in [0.25, 0.3) is 0 Å². The van der Waals surface area contributed by atoms with Crippen molar-refractivity contribution >= 4 is 0 Å². The Morgan fingerprint density at radius 3 is 3.05 bits per heavy atom. The van der Waals surface area contributed by atoms with E-state index in [4.69, 9.17) is 4.42 Å². The first-order valence-corrected chi connectivity index (χ1v) is 7.02. The van der Waals surface area contributed by atoms with Crippen LogP contribution in [0.3, 0.4) is 0 Å². The number of hydrogen-bond donors (Lipinski definition) is 0. The molecule has 0 amide bonds. The molecular formula is C16H20N2O. The molecule has 0 saturated carbocycles. The van der Waals surface area contributed by atoms with Crippen molar-refractivity contribution in [1.82, 2.24) is 9.88 Å². The zero-order valence-electron chi connectivity index (χ0n) is 11.4. The van der Waals surface area contributed by atoms with Gasteiger partial charge in [0.05, 0.1) is 6.04 Å². The van der Waals surface area contributed by atoms with Crippen molar-refractivity contribution in [2.45, 2.75) is 32.2 Å². The molecule has 0 aliphatic carbocycles. The molecular weight excluding hydrogens is 236 g/mol. The molecule has 0 bridgehead atoms. The van der Waals surface area contributed by atoms with Crippen molar-refractivity contribution in [1.29, 1.82) is 0 Å². The average Bonchev–Trinajstić information content (AvgIpc) is 3.06. The second-order valence-corrected chi connectivity index (χ2v) is 5.25. The van der Waals surface area contributed by atoms with Gasteiger partial charge in [-0.15, -0.1) is 0 Å². The molecule has 2 aromatic heterocycles. The van der Waals surface area contributed by atoms with Crippen LogP contribution in [0.2, 0.25) is 0 Å². The minimum atomic E-state index is 0.463. The van der Waals surface area contributed by atoms with E-state index >= 15 is 0 Å². The topological polar surface area (TPSA) is 29.3 Å². The summed E-state index contributed by atoms with van der Waals surface area (Å²) in [6.07, 6.45) is 7.32. The molecule has 3 rings (SSSR count). The molecule has 19 heavy (non-hydrogen) atoms. The third-order valence-corrected chi connectivity index (χ3v) is 3.86. The molecule has 3 nitrogen and oxygen atoms in total.